The Kier molecular flexibility index (Phi) is 6.14. The molecule has 166 valence electrons. The Bertz CT molecular complexity index is 1070. The van der Waals surface area contributed by atoms with Crippen LogP contribution in [0.1, 0.15) is 39.6 Å². The third-order valence-electron chi connectivity index (χ3n) is 5.45. The second kappa shape index (κ2) is 9.00. The first-order valence-corrected chi connectivity index (χ1v) is 10.1. The topological polar surface area (TPSA) is 62.7 Å². The maximum atomic E-state index is 12.7. The van der Waals surface area contributed by atoms with Gasteiger partial charge in [0.15, 0.2) is 6.29 Å². The number of rotatable bonds is 6. The molecule has 0 spiro atoms. The number of ether oxygens (including phenoxy) is 1. The van der Waals surface area contributed by atoms with Crippen molar-refractivity contribution in [3.63, 3.8) is 0 Å². The minimum atomic E-state index is -4.44. The van der Waals surface area contributed by atoms with E-state index in [4.69, 9.17) is 4.74 Å². The van der Waals surface area contributed by atoms with Gasteiger partial charge in [0, 0.05) is 36.5 Å². The lowest BCUT2D eigenvalue weighted by atomic mass is 9.99. The molecule has 2 atom stereocenters. The van der Waals surface area contributed by atoms with Crippen LogP contribution in [-0.4, -0.2) is 35.6 Å². The lowest BCUT2D eigenvalue weighted by molar-refractivity contribution is -0.137. The number of hydrogen-bond donors (Lipinski definition) is 1. The summed E-state index contributed by atoms with van der Waals surface area (Å²) in [5, 5.41) is 10.6. The summed E-state index contributed by atoms with van der Waals surface area (Å²) < 4.78 is 43.8. The first-order valence-electron chi connectivity index (χ1n) is 10.1. The average Bonchev–Trinajstić information content (AvgIpc) is 3.26. The van der Waals surface area contributed by atoms with Crippen LogP contribution in [0.5, 0.6) is 5.88 Å². The van der Waals surface area contributed by atoms with Crippen molar-refractivity contribution in [2.75, 3.05) is 18.0 Å². The molecule has 1 aliphatic heterocycles. The van der Waals surface area contributed by atoms with Crippen LogP contribution in [0.15, 0.2) is 66.9 Å². The molecular weight excluding hydrogens is 421 g/mol. The summed E-state index contributed by atoms with van der Waals surface area (Å²) in [6.07, 6.45) is -3.42. The normalized spacial score (nSPS) is 17.2. The molecule has 8 heteroatoms. The van der Waals surface area contributed by atoms with Gasteiger partial charge in [0.2, 0.25) is 5.88 Å². The number of nitrogens with zero attached hydrogens (tertiary/aromatic N) is 2. The fourth-order valence-corrected chi connectivity index (χ4v) is 3.78. The van der Waals surface area contributed by atoms with E-state index >= 15 is 0 Å². The van der Waals surface area contributed by atoms with E-state index in [2.05, 4.69) is 4.98 Å². The summed E-state index contributed by atoms with van der Waals surface area (Å²) in [7, 11) is 0. The molecule has 5 nitrogen and oxygen atoms in total. The van der Waals surface area contributed by atoms with E-state index < -0.39 is 17.8 Å². The Morgan fingerprint density at radius 1 is 1.09 bits per heavy atom. The van der Waals surface area contributed by atoms with Crippen LogP contribution in [0.4, 0.5) is 18.9 Å². The van der Waals surface area contributed by atoms with Gasteiger partial charge in [0.1, 0.15) is 12.2 Å². The fraction of sp³-hybridized carbons (Fsp3) is 0.250. The Hall–Kier alpha value is -3.39. The van der Waals surface area contributed by atoms with Gasteiger partial charge >= 0.3 is 6.18 Å². The van der Waals surface area contributed by atoms with Crippen LogP contribution in [0.2, 0.25) is 0 Å². The number of carbonyl (C=O) groups is 1. The van der Waals surface area contributed by atoms with Crippen LogP contribution >= 0.6 is 0 Å². The SMILES string of the molecule is O=Cc1cc(C(O)c2ccccc2)ccc1N1CC[C@H](Oc2ccc(C(F)(F)F)cn2)C1. The highest BCUT2D eigenvalue weighted by molar-refractivity contribution is 5.85. The number of carbonyl (C=O) groups excluding carboxylic acids is 1. The molecule has 0 bridgehead atoms. The van der Waals surface area contributed by atoms with E-state index in [1.54, 1.807) is 18.2 Å². The highest BCUT2D eigenvalue weighted by Crippen LogP contribution is 2.31. The van der Waals surface area contributed by atoms with E-state index in [0.717, 1.165) is 29.8 Å². The van der Waals surface area contributed by atoms with Gasteiger partial charge in [-0.3, -0.25) is 4.79 Å². The summed E-state index contributed by atoms with van der Waals surface area (Å²) in [6.45, 7) is 1.08. The van der Waals surface area contributed by atoms with Crippen molar-refractivity contribution < 1.29 is 27.8 Å². The molecule has 4 rings (SSSR count). The van der Waals surface area contributed by atoms with E-state index in [1.165, 1.54) is 6.07 Å². The zero-order valence-corrected chi connectivity index (χ0v) is 17.0. The zero-order chi connectivity index (χ0) is 22.7. The quantitative estimate of drug-likeness (QED) is 0.563. The number of aromatic nitrogens is 1. The molecule has 1 saturated heterocycles. The van der Waals surface area contributed by atoms with Gasteiger partial charge in [-0.1, -0.05) is 36.4 Å². The number of benzene rings is 2. The van der Waals surface area contributed by atoms with E-state index in [0.29, 0.717) is 30.6 Å². The molecule has 3 aromatic rings. The number of aldehydes is 1. The maximum Gasteiger partial charge on any atom is 0.417 e. The third kappa shape index (κ3) is 4.75. The molecular formula is C24H21F3N2O3. The lowest BCUT2D eigenvalue weighted by Gasteiger charge is -2.22. The number of alkyl halides is 3. The van der Waals surface area contributed by atoms with Gasteiger partial charge < -0.3 is 14.7 Å². The molecule has 1 fully saturated rings. The van der Waals surface area contributed by atoms with E-state index in [1.807, 2.05) is 35.2 Å². The molecule has 1 aromatic heterocycles. The Labute approximate surface area is 183 Å². The molecule has 0 amide bonds. The Balaban J connectivity index is 1.45. The van der Waals surface area contributed by atoms with Gasteiger partial charge in [0.25, 0.3) is 0 Å². The fourth-order valence-electron chi connectivity index (χ4n) is 3.78. The minimum Gasteiger partial charge on any atom is -0.472 e. The lowest BCUT2D eigenvalue weighted by Crippen LogP contribution is -2.25. The monoisotopic (exact) mass is 442 g/mol. The van der Waals surface area contributed by atoms with Crippen molar-refractivity contribution in [2.24, 2.45) is 0 Å². The number of hydrogen-bond acceptors (Lipinski definition) is 5. The van der Waals surface area contributed by atoms with Crippen LogP contribution < -0.4 is 9.64 Å². The summed E-state index contributed by atoms with van der Waals surface area (Å²) in [5.41, 5.74) is 1.69. The van der Waals surface area contributed by atoms with Crippen LogP contribution in [0.3, 0.4) is 0 Å². The van der Waals surface area contributed by atoms with Gasteiger partial charge in [-0.25, -0.2) is 4.98 Å². The smallest absolute Gasteiger partial charge is 0.417 e. The Morgan fingerprint density at radius 2 is 1.88 bits per heavy atom. The zero-order valence-electron chi connectivity index (χ0n) is 17.0. The summed E-state index contributed by atoms with van der Waals surface area (Å²) in [5.74, 6) is 0.127. The standard InChI is InChI=1S/C24H21F3N2O3/c25-24(26,27)19-7-9-22(28-13-19)32-20-10-11-29(14-20)21-8-6-17(12-18(21)15-30)23(31)16-4-2-1-3-5-16/h1-9,12-13,15,20,23,31H,10-11,14H2/t20-,23?/m0/s1. The molecule has 0 saturated carbocycles. The van der Waals surface area contributed by atoms with Crippen molar-refractivity contribution in [2.45, 2.75) is 24.8 Å². The second-order valence-electron chi connectivity index (χ2n) is 7.61. The van der Waals surface area contributed by atoms with Gasteiger partial charge in [0.05, 0.1) is 12.1 Å². The predicted molar refractivity (Wildman–Crippen MR) is 113 cm³/mol. The Morgan fingerprint density at radius 3 is 2.53 bits per heavy atom. The van der Waals surface area contributed by atoms with E-state index in [9.17, 15) is 23.1 Å². The van der Waals surface area contributed by atoms with Crippen molar-refractivity contribution in [1.82, 2.24) is 4.98 Å². The van der Waals surface area contributed by atoms with Gasteiger partial charge in [-0.2, -0.15) is 13.2 Å². The summed E-state index contributed by atoms with van der Waals surface area (Å²) in [4.78, 5) is 17.5. The van der Waals surface area contributed by atoms with Crippen LogP contribution in [0, 0.1) is 0 Å². The molecule has 1 unspecified atom stereocenters. The van der Waals surface area contributed by atoms with Crippen molar-refractivity contribution in [3.05, 3.63) is 89.1 Å². The second-order valence-corrected chi connectivity index (χ2v) is 7.61. The van der Waals surface area contributed by atoms with Crippen molar-refractivity contribution in [3.8, 4) is 5.88 Å². The van der Waals surface area contributed by atoms with Crippen LogP contribution in [0.25, 0.3) is 0 Å². The first-order chi connectivity index (χ1) is 15.3. The number of halogens is 3. The predicted octanol–water partition coefficient (Wildman–Crippen LogP) is 4.65. The molecule has 0 radical (unpaired) electrons. The summed E-state index contributed by atoms with van der Waals surface area (Å²) >= 11 is 0. The number of aliphatic hydroxyl groups is 1. The number of pyridine rings is 1. The van der Waals surface area contributed by atoms with Crippen molar-refractivity contribution in [1.29, 1.82) is 0 Å². The largest absolute Gasteiger partial charge is 0.472 e. The average molecular weight is 442 g/mol. The highest BCUT2D eigenvalue weighted by Gasteiger charge is 2.31. The van der Waals surface area contributed by atoms with Gasteiger partial charge in [-0.05, 0) is 29.3 Å². The first kappa shape index (κ1) is 21.8. The van der Waals surface area contributed by atoms with E-state index in [-0.39, 0.29) is 12.0 Å². The molecule has 1 aliphatic rings. The highest BCUT2D eigenvalue weighted by atomic mass is 19.4. The number of aliphatic hydroxyl groups excluding tert-OH is 1. The molecule has 0 aliphatic carbocycles. The maximum absolute atomic E-state index is 12.7. The summed E-state index contributed by atoms with van der Waals surface area (Å²) in [6, 6.07) is 16.6. The molecule has 2 heterocycles. The van der Waals surface area contributed by atoms with Crippen LogP contribution in [-0.2, 0) is 6.18 Å². The molecule has 1 N–H and O–H groups in total. The molecule has 32 heavy (non-hydrogen) atoms. The van der Waals surface area contributed by atoms with Gasteiger partial charge in [-0.15, -0.1) is 0 Å². The minimum absolute atomic E-state index is 0.127. The van der Waals surface area contributed by atoms with Crippen molar-refractivity contribution >= 4 is 12.0 Å². The number of anilines is 1. The third-order valence-corrected chi connectivity index (χ3v) is 5.45. The molecule has 2 aromatic carbocycles.